The first-order valence-corrected chi connectivity index (χ1v) is 6.42. The van der Waals surface area contributed by atoms with E-state index in [1.54, 1.807) is 24.3 Å². The second-order valence-corrected chi connectivity index (χ2v) is 4.46. The molecule has 1 N–H and O–H groups in total. The average molecular weight is 291 g/mol. The number of carbonyl (C=O) groups excluding carboxylic acids is 1. The summed E-state index contributed by atoms with van der Waals surface area (Å²) >= 11 is 0. The summed E-state index contributed by atoms with van der Waals surface area (Å²) in [4.78, 5) is 11.8. The van der Waals surface area contributed by atoms with Gasteiger partial charge in [0.05, 0.1) is 7.11 Å². The van der Waals surface area contributed by atoms with Gasteiger partial charge in [0.1, 0.15) is 6.04 Å². The molecule has 1 atom stereocenters. The molecule has 0 aliphatic heterocycles. The first-order valence-electron chi connectivity index (χ1n) is 6.42. The monoisotopic (exact) mass is 291 g/mol. The number of benzene rings is 2. The maximum atomic E-state index is 13.6. The van der Waals surface area contributed by atoms with E-state index in [0.29, 0.717) is 5.56 Å². The molecule has 0 fully saturated rings. The van der Waals surface area contributed by atoms with E-state index in [1.807, 2.05) is 6.07 Å². The third kappa shape index (κ3) is 3.64. The Kier molecular flexibility index (Phi) is 5.00. The molecule has 0 aromatic heterocycles. The molecule has 0 bridgehead atoms. The van der Waals surface area contributed by atoms with Gasteiger partial charge in [0.15, 0.2) is 11.6 Å². The van der Waals surface area contributed by atoms with Crippen molar-refractivity contribution in [3.8, 4) is 0 Å². The van der Waals surface area contributed by atoms with Gasteiger partial charge in [-0.1, -0.05) is 42.5 Å². The molecule has 2 aromatic rings. The second-order valence-electron chi connectivity index (χ2n) is 4.46. The molecule has 21 heavy (non-hydrogen) atoms. The number of methoxy groups -OCH3 is 1. The van der Waals surface area contributed by atoms with Crippen molar-refractivity contribution in [2.75, 3.05) is 7.11 Å². The Morgan fingerprint density at radius 2 is 1.86 bits per heavy atom. The summed E-state index contributed by atoms with van der Waals surface area (Å²) in [5.41, 5.74) is 0.848. The van der Waals surface area contributed by atoms with Crippen molar-refractivity contribution in [2.45, 2.75) is 12.6 Å². The molecule has 0 aliphatic rings. The number of carbonyl (C=O) groups is 1. The zero-order chi connectivity index (χ0) is 15.2. The van der Waals surface area contributed by atoms with Gasteiger partial charge in [0.25, 0.3) is 0 Å². The number of nitrogens with one attached hydrogen (secondary N) is 1. The first kappa shape index (κ1) is 15.1. The summed E-state index contributed by atoms with van der Waals surface area (Å²) in [5.74, 6) is -2.32. The van der Waals surface area contributed by atoms with Crippen molar-refractivity contribution in [2.24, 2.45) is 0 Å². The van der Waals surface area contributed by atoms with E-state index in [0.717, 1.165) is 6.07 Å². The summed E-state index contributed by atoms with van der Waals surface area (Å²) in [5, 5.41) is 2.89. The van der Waals surface area contributed by atoms with Crippen molar-refractivity contribution in [3.05, 3.63) is 71.3 Å². The van der Waals surface area contributed by atoms with Crippen LogP contribution in [-0.4, -0.2) is 13.1 Å². The number of halogens is 2. The Hall–Kier alpha value is -2.27. The highest BCUT2D eigenvalue weighted by Crippen LogP contribution is 2.17. The van der Waals surface area contributed by atoms with Gasteiger partial charge in [0.2, 0.25) is 0 Å². The minimum atomic E-state index is -0.915. The van der Waals surface area contributed by atoms with Gasteiger partial charge in [-0.2, -0.15) is 0 Å². The zero-order valence-corrected chi connectivity index (χ0v) is 11.5. The van der Waals surface area contributed by atoms with E-state index in [1.165, 1.54) is 19.2 Å². The molecule has 5 heteroatoms. The Balaban J connectivity index is 2.17. The second kappa shape index (κ2) is 6.95. The van der Waals surface area contributed by atoms with E-state index in [2.05, 4.69) is 5.32 Å². The minimum Gasteiger partial charge on any atom is -0.468 e. The highest BCUT2D eigenvalue weighted by Gasteiger charge is 2.21. The lowest BCUT2D eigenvalue weighted by Crippen LogP contribution is -2.29. The van der Waals surface area contributed by atoms with Gasteiger partial charge in [-0.15, -0.1) is 0 Å². The van der Waals surface area contributed by atoms with Crippen LogP contribution in [0.5, 0.6) is 0 Å². The molecule has 2 aromatic carbocycles. The smallest absolute Gasteiger partial charge is 0.327 e. The molecule has 0 saturated heterocycles. The molecule has 0 saturated carbocycles. The number of hydrogen-bond acceptors (Lipinski definition) is 3. The Labute approximate surface area is 121 Å². The van der Waals surface area contributed by atoms with E-state index in [4.69, 9.17) is 4.74 Å². The highest BCUT2D eigenvalue weighted by atomic mass is 19.2. The fraction of sp³-hybridized carbons (Fsp3) is 0.188. The Bertz CT molecular complexity index is 617. The maximum absolute atomic E-state index is 13.6. The lowest BCUT2D eigenvalue weighted by molar-refractivity contribution is -0.143. The normalized spacial score (nSPS) is 12.0. The van der Waals surface area contributed by atoms with Crippen molar-refractivity contribution >= 4 is 5.97 Å². The lowest BCUT2D eigenvalue weighted by Gasteiger charge is -2.17. The Morgan fingerprint density at radius 1 is 1.14 bits per heavy atom. The summed E-state index contributed by atoms with van der Waals surface area (Å²) in [6.07, 6.45) is 0. The zero-order valence-electron chi connectivity index (χ0n) is 11.5. The summed E-state index contributed by atoms with van der Waals surface area (Å²) in [6, 6.07) is 12.1. The van der Waals surface area contributed by atoms with E-state index in [-0.39, 0.29) is 12.1 Å². The molecule has 1 unspecified atom stereocenters. The predicted octanol–water partition coefficient (Wildman–Crippen LogP) is 2.97. The molecular formula is C16H15F2NO2. The molecule has 0 spiro atoms. The van der Waals surface area contributed by atoms with Crippen molar-refractivity contribution in [1.82, 2.24) is 5.32 Å². The van der Waals surface area contributed by atoms with Crippen LogP contribution in [0.1, 0.15) is 17.2 Å². The van der Waals surface area contributed by atoms with Crippen LogP contribution in [0.3, 0.4) is 0 Å². The predicted molar refractivity (Wildman–Crippen MR) is 74.4 cm³/mol. The van der Waals surface area contributed by atoms with Crippen LogP contribution in [0.4, 0.5) is 8.78 Å². The van der Waals surface area contributed by atoms with E-state index in [9.17, 15) is 13.6 Å². The Morgan fingerprint density at radius 3 is 2.52 bits per heavy atom. The van der Waals surface area contributed by atoms with Gasteiger partial charge in [0, 0.05) is 12.1 Å². The van der Waals surface area contributed by atoms with Crippen LogP contribution in [0, 0.1) is 11.6 Å². The highest BCUT2D eigenvalue weighted by molar-refractivity contribution is 5.77. The van der Waals surface area contributed by atoms with Crippen LogP contribution >= 0.6 is 0 Å². The van der Waals surface area contributed by atoms with Crippen LogP contribution in [0.25, 0.3) is 0 Å². The first-order chi connectivity index (χ1) is 10.1. The van der Waals surface area contributed by atoms with Crippen LogP contribution < -0.4 is 5.32 Å². The fourth-order valence-corrected chi connectivity index (χ4v) is 2.00. The molecule has 0 amide bonds. The van der Waals surface area contributed by atoms with Crippen LogP contribution in [0.15, 0.2) is 48.5 Å². The number of rotatable bonds is 5. The third-order valence-corrected chi connectivity index (χ3v) is 3.10. The number of esters is 1. The number of ether oxygens (including phenoxy) is 1. The van der Waals surface area contributed by atoms with E-state index < -0.39 is 23.6 Å². The maximum Gasteiger partial charge on any atom is 0.327 e. The third-order valence-electron chi connectivity index (χ3n) is 3.10. The molecule has 0 heterocycles. The quantitative estimate of drug-likeness (QED) is 0.861. The molecule has 0 aliphatic carbocycles. The summed E-state index contributed by atoms with van der Waals surface area (Å²) in [7, 11) is 1.28. The topological polar surface area (TPSA) is 38.3 Å². The van der Waals surface area contributed by atoms with Crippen LogP contribution in [-0.2, 0) is 16.1 Å². The minimum absolute atomic E-state index is 0.0122. The van der Waals surface area contributed by atoms with Gasteiger partial charge in [-0.25, -0.2) is 13.6 Å². The lowest BCUT2D eigenvalue weighted by atomic mass is 10.1. The van der Waals surface area contributed by atoms with Gasteiger partial charge in [-0.3, -0.25) is 5.32 Å². The number of hydrogen-bond donors (Lipinski definition) is 1. The van der Waals surface area contributed by atoms with Gasteiger partial charge >= 0.3 is 5.97 Å². The van der Waals surface area contributed by atoms with E-state index >= 15 is 0 Å². The van der Waals surface area contributed by atoms with Crippen molar-refractivity contribution in [1.29, 1.82) is 0 Å². The molecular weight excluding hydrogens is 276 g/mol. The molecule has 0 radical (unpaired) electrons. The summed E-state index contributed by atoms with van der Waals surface area (Å²) in [6.45, 7) is 0.0122. The largest absolute Gasteiger partial charge is 0.468 e. The van der Waals surface area contributed by atoms with Gasteiger partial charge < -0.3 is 4.74 Å². The van der Waals surface area contributed by atoms with Gasteiger partial charge in [-0.05, 0) is 11.6 Å². The SMILES string of the molecule is COC(=O)C(NCc1cccc(F)c1F)c1ccccc1. The molecule has 2 rings (SSSR count). The fourth-order valence-electron chi connectivity index (χ4n) is 2.00. The van der Waals surface area contributed by atoms with Crippen molar-refractivity contribution < 1.29 is 18.3 Å². The van der Waals surface area contributed by atoms with Crippen molar-refractivity contribution in [3.63, 3.8) is 0 Å². The molecule has 110 valence electrons. The van der Waals surface area contributed by atoms with Crippen LogP contribution in [0.2, 0.25) is 0 Å². The molecule has 3 nitrogen and oxygen atoms in total. The average Bonchev–Trinajstić information content (AvgIpc) is 2.52. The summed E-state index contributed by atoms with van der Waals surface area (Å²) < 4.78 is 31.5. The standard InChI is InChI=1S/C16H15F2NO2/c1-21-16(20)15(11-6-3-2-4-7-11)19-10-12-8-5-9-13(17)14(12)18/h2-9,15,19H,10H2,1H3.